The van der Waals surface area contributed by atoms with Gasteiger partial charge in [0.05, 0.1) is 0 Å². The Kier molecular flexibility index (Phi) is 8.90. The minimum absolute atomic E-state index is 0.0926. The Bertz CT molecular complexity index is 741. The number of benzene rings is 1. The summed E-state index contributed by atoms with van der Waals surface area (Å²) < 4.78 is 0. The summed E-state index contributed by atoms with van der Waals surface area (Å²) in [6.07, 6.45) is 4.39. The van der Waals surface area contributed by atoms with E-state index in [1.54, 1.807) is 4.90 Å². The molecule has 0 aliphatic carbocycles. The van der Waals surface area contributed by atoms with Gasteiger partial charge >= 0.3 is 0 Å². The molecule has 2 amide bonds. The molecule has 0 aromatic heterocycles. The van der Waals surface area contributed by atoms with Crippen molar-refractivity contribution >= 4 is 18.0 Å². The highest BCUT2D eigenvalue weighted by molar-refractivity contribution is 6.26. The summed E-state index contributed by atoms with van der Waals surface area (Å²) in [5, 5.41) is 7.15. The van der Waals surface area contributed by atoms with Crippen molar-refractivity contribution in [2.24, 2.45) is 11.0 Å². The number of nitrogens with one attached hydrogen (secondary N) is 2. The van der Waals surface area contributed by atoms with Gasteiger partial charge in [0.1, 0.15) is 12.3 Å². The quantitative estimate of drug-likeness (QED) is 0.737. The maximum absolute atomic E-state index is 13.1. The third kappa shape index (κ3) is 7.04. The van der Waals surface area contributed by atoms with Gasteiger partial charge in [-0.3, -0.25) is 15.0 Å². The third-order valence-electron chi connectivity index (χ3n) is 5.26. The number of allylic oxidation sites excluding steroid dienone is 2. The van der Waals surface area contributed by atoms with Crippen molar-refractivity contribution in [3.63, 3.8) is 0 Å². The minimum atomic E-state index is -0.534. The molecule has 0 saturated carbocycles. The van der Waals surface area contributed by atoms with Crippen LogP contribution in [-0.4, -0.2) is 35.5 Å². The Balaban J connectivity index is 2.29. The van der Waals surface area contributed by atoms with Gasteiger partial charge in [0.25, 0.3) is 5.91 Å². The predicted octanol–water partition coefficient (Wildman–Crippen LogP) is 3.60. The van der Waals surface area contributed by atoms with E-state index in [1.807, 2.05) is 37.3 Å². The molecule has 6 nitrogen and oxygen atoms in total. The van der Waals surface area contributed by atoms with E-state index in [9.17, 15) is 9.59 Å². The molecule has 1 atom stereocenters. The normalized spacial score (nSPS) is 21.6. The van der Waals surface area contributed by atoms with Crippen LogP contribution in [0, 0.1) is 5.92 Å². The van der Waals surface area contributed by atoms with Crippen molar-refractivity contribution < 1.29 is 9.59 Å². The molecule has 1 aromatic carbocycles. The van der Waals surface area contributed by atoms with E-state index in [1.165, 1.54) is 11.8 Å². The maximum Gasteiger partial charge on any atom is 0.267 e. The van der Waals surface area contributed by atoms with Crippen LogP contribution in [0.1, 0.15) is 58.9 Å². The Labute approximate surface area is 174 Å². The second-order valence-corrected chi connectivity index (χ2v) is 7.93. The first-order valence-electron chi connectivity index (χ1n) is 10.5. The van der Waals surface area contributed by atoms with Crippen LogP contribution in [0.5, 0.6) is 0 Å². The summed E-state index contributed by atoms with van der Waals surface area (Å²) in [5.74, 6) is 0.153. The van der Waals surface area contributed by atoms with Crippen LogP contribution >= 0.6 is 0 Å². The number of hydrogen-bond acceptors (Lipinski definition) is 4. The van der Waals surface area contributed by atoms with Crippen molar-refractivity contribution in [3.05, 3.63) is 47.2 Å². The third-order valence-corrected chi connectivity index (χ3v) is 5.26. The average molecular weight is 399 g/mol. The summed E-state index contributed by atoms with van der Waals surface area (Å²) in [4.78, 5) is 27.7. The fourth-order valence-electron chi connectivity index (χ4n) is 3.43. The fourth-order valence-corrected chi connectivity index (χ4v) is 3.43. The lowest BCUT2D eigenvalue weighted by Gasteiger charge is -2.31. The van der Waals surface area contributed by atoms with Crippen LogP contribution in [0.4, 0.5) is 0 Å². The average Bonchev–Trinajstić information content (AvgIpc) is 2.69. The Morgan fingerprint density at radius 2 is 2.03 bits per heavy atom. The minimum Gasteiger partial charge on any atom is -0.354 e. The lowest BCUT2D eigenvalue weighted by Crippen LogP contribution is -2.50. The lowest BCUT2D eigenvalue weighted by atomic mass is 9.99. The summed E-state index contributed by atoms with van der Waals surface area (Å²) >= 11 is 0. The lowest BCUT2D eigenvalue weighted by molar-refractivity contribution is -0.136. The van der Waals surface area contributed by atoms with Crippen LogP contribution in [0.15, 0.2) is 46.7 Å². The van der Waals surface area contributed by atoms with Gasteiger partial charge in [-0.2, -0.15) is 5.10 Å². The first-order valence-corrected chi connectivity index (χ1v) is 10.5. The zero-order valence-corrected chi connectivity index (χ0v) is 18.1. The van der Waals surface area contributed by atoms with Gasteiger partial charge in [0.2, 0.25) is 5.91 Å². The van der Waals surface area contributed by atoms with Crippen LogP contribution in [-0.2, 0) is 16.1 Å². The number of hydrazone groups is 1. The van der Waals surface area contributed by atoms with Gasteiger partial charge in [0, 0.05) is 18.8 Å². The molecule has 29 heavy (non-hydrogen) atoms. The number of amides is 2. The van der Waals surface area contributed by atoms with Crippen molar-refractivity contribution in [1.82, 2.24) is 15.6 Å². The molecule has 1 heterocycles. The molecule has 1 unspecified atom stereocenters. The van der Waals surface area contributed by atoms with Crippen LogP contribution in [0.25, 0.3) is 0 Å². The van der Waals surface area contributed by atoms with Crippen molar-refractivity contribution in [3.8, 4) is 0 Å². The molecule has 2 N–H and O–H groups in total. The molecule has 0 bridgehead atoms. The number of hydrogen-bond donors (Lipinski definition) is 2. The van der Waals surface area contributed by atoms with Crippen molar-refractivity contribution in [1.29, 1.82) is 0 Å². The van der Waals surface area contributed by atoms with E-state index in [0.717, 1.165) is 30.5 Å². The van der Waals surface area contributed by atoms with E-state index in [0.29, 0.717) is 25.4 Å². The van der Waals surface area contributed by atoms with Crippen molar-refractivity contribution in [2.45, 2.75) is 66.0 Å². The Hall–Kier alpha value is -2.63. The molecule has 158 valence electrons. The second-order valence-electron chi connectivity index (χ2n) is 7.93. The van der Waals surface area contributed by atoms with Gasteiger partial charge < -0.3 is 10.2 Å². The number of carbonyl (C=O) groups is 2. The van der Waals surface area contributed by atoms with E-state index >= 15 is 0 Å². The Morgan fingerprint density at radius 3 is 2.69 bits per heavy atom. The van der Waals surface area contributed by atoms with Gasteiger partial charge in [-0.05, 0) is 49.7 Å². The molecule has 2 rings (SSSR count). The van der Waals surface area contributed by atoms with E-state index in [2.05, 4.69) is 36.6 Å². The monoisotopic (exact) mass is 398 g/mol. The molecule has 0 saturated heterocycles. The summed E-state index contributed by atoms with van der Waals surface area (Å²) in [6.45, 7) is 9.31. The zero-order valence-electron chi connectivity index (χ0n) is 18.1. The first-order chi connectivity index (χ1) is 13.9. The highest BCUT2D eigenvalue weighted by atomic mass is 16.2. The van der Waals surface area contributed by atoms with E-state index in [4.69, 9.17) is 0 Å². The molecule has 0 fully saturated rings. The summed E-state index contributed by atoms with van der Waals surface area (Å²) in [7, 11) is 0. The topological polar surface area (TPSA) is 73.8 Å². The Morgan fingerprint density at radius 1 is 1.31 bits per heavy atom. The maximum atomic E-state index is 13.1. The van der Waals surface area contributed by atoms with Gasteiger partial charge in [-0.25, -0.2) is 0 Å². The molecule has 0 radical (unpaired) electrons. The smallest absolute Gasteiger partial charge is 0.267 e. The van der Waals surface area contributed by atoms with Gasteiger partial charge in [-0.1, -0.05) is 51.1 Å². The molecule has 1 aromatic rings. The number of nitrogens with zero attached hydrogens (tertiary/aromatic N) is 2. The van der Waals surface area contributed by atoms with Crippen LogP contribution in [0.2, 0.25) is 0 Å². The number of rotatable bonds is 7. The highest BCUT2D eigenvalue weighted by Crippen LogP contribution is 2.20. The second kappa shape index (κ2) is 11.4. The van der Waals surface area contributed by atoms with Gasteiger partial charge in [0.15, 0.2) is 0 Å². The summed E-state index contributed by atoms with van der Waals surface area (Å²) in [6, 6.07) is 9.23. The molecule has 6 heteroatoms. The SMILES string of the molecule is CC/C1=C(/C)N/N=C/C(=O)N(Cc2ccccc2)C(C(=O)NCCC(C)C)CC1. The van der Waals surface area contributed by atoms with E-state index < -0.39 is 6.04 Å². The van der Waals surface area contributed by atoms with Crippen LogP contribution in [0.3, 0.4) is 0 Å². The standard InChI is InChI=1S/C23H34N4O2/c1-5-20-11-12-21(23(29)24-14-13-17(2)3)27(16-19-9-7-6-8-10-19)22(28)15-25-26-18(20)4/h6-10,15,17,21,26H,5,11-14,16H2,1-4H3,(H,24,29)/b20-18+,25-15+. The predicted molar refractivity (Wildman–Crippen MR) is 117 cm³/mol. The van der Waals surface area contributed by atoms with E-state index in [-0.39, 0.29) is 11.8 Å². The highest BCUT2D eigenvalue weighted by Gasteiger charge is 2.29. The zero-order chi connectivity index (χ0) is 21.2. The summed E-state index contributed by atoms with van der Waals surface area (Å²) in [5.41, 5.74) is 6.12. The molecule has 1 aliphatic heterocycles. The molecule has 0 spiro atoms. The first kappa shape index (κ1) is 22.7. The molecular formula is C23H34N4O2. The number of carbonyl (C=O) groups excluding carboxylic acids is 2. The largest absolute Gasteiger partial charge is 0.354 e. The van der Waals surface area contributed by atoms with Crippen LogP contribution < -0.4 is 10.7 Å². The molecule has 1 aliphatic rings. The van der Waals surface area contributed by atoms with Crippen molar-refractivity contribution in [2.75, 3.05) is 6.54 Å². The van der Waals surface area contributed by atoms with Gasteiger partial charge in [-0.15, -0.1) is 0 Å². The molecular weight excluding hydrogens is 364 g/mol. The fraction of sp³-hybridized carbons (Fsp3) is 0.522.